The number of hydrogen-bond donors (Lipinski definition) is 1. The first-order chi connectivity index (χ1) is 8.15. The van der Waals surface area contributed by atoms with Gasteiger partial charge in [-0.05, 0) is 32.5 Å². The van der Waals surface area contributed by atoms with Gasteiger partial charge in [-0.1, -0.05) is 37.3 Å². The monoisotopic (exact) mass is 234 g/mol. The minimum Gasteiger partial charge on any atom is -0.351 e. The Kier molecular flexibility index (Phi) is 5.70. The highest BCUT2D eigenvalue weighted by atomic mass is 16.2. The summed E-state index contributed by atoms with van der Waals surface area (Å²) in [4.78, 5) is 13.9. The first kappa shape index (κ1) is 13.7. The molecule has 1 rings (SSSR count). The molecule has 3 nitrogen and oxygen atoms in total. The van der Waals surface area contributed by atoms with Crippen molar-refractivity contribution >= 4 is 5.91 Å². The minimum absolute atomic E-state index is 0.0707. The van der Waals surface area contributed by atoms with Crippen LogP contribution in [0.1, 0.15) is 25.8 Å². The van der Waals surface area contributed by atoms with E-state index in [-0.39, 0.29) is 11.9 Å². The summed E-state index contributed by atoms with van der Waals surface area (Å²) in [5.74, 6) is 0.0878. The van der Waals surface area contributed by atoms with E-state index in [1.807, 2.05) is 44.3 Å². The van der Waals surface area contributed by atoms with Crippen LogP contribution in [-0.2, 0) is 11.3 Å². The normalized spacial score (nSPS) is 12.5. The molecule has 0 saturated heterocycles. The molecule has 94 valence electrons. The zero-order chi connectivity index (χ0) is 12.7. The molecule has 0 aliphatic heterocycles. The van der Waals surface area contributed by atoms with Crippen molar-refractivity contribution in [3.05, 3.63) is 35.9 Å². The quantitative estimate of drug-likeness (QED) is 0.817. The highest BCUT2D eigenvalue weighted by molar-refractivity contribution is 5.81. The van der Waals surface area contributed by atoms with E-state index in [1.165, 1.54) is 0 Å². The minimum atomic E-state index is -0.0707. The largest absolute Gasteiger partial charge is 0.351 e. The van der Waals surface area contributed by atoms with Gasteiger partial charge in [-0.2, -0.15) is 0 Å². The molecule has 0 aliphatic carbocycles. The van der Waals surface area contributed by atoms with Crippen LogP contribution in [0.25, 0.3) is 0 Å². The Bertz CT molecular complexity index is 337. The van der Waals surface area contributed by atoms with Gasteiger partial charge in [-0.3, -0.25) is 9.69 Å². The average Bonchev–Trinajstić information content (AvgIpc) is 2.36. The maximum Gasteiger partial charge on any atom is 0.237 e. The second-order valence-electron chi connectivity index (χ2n) is 4.36. The van der Waals surface area contributed by atoms with Crippen molar-refractivity contribution in [1.82, 2.24) is 10.2 Å². The van der Waals surface area contributed by atoms with Crippen molar-refractivity contribution < 1.29 is 4.79 Å². The van der Waals surface area contributed by atoms with Crippen LogP contribution in [0.2, 0.25) is 0 Å². The fourth-order valence-corrected chi connectivity index (χ4v) is 1.68. The maximum absolute atomic E-state index is 11.9. The molecule has 1 aromatic carbocycles. The summed E-state index contributed by atoms with van der Waals surface area (Å²) in [5.41, 5.74) is 1.13. The predicted molar refractivity (Wildman–Crippen MR) is 70.7 cm³/mol. The Morgan fingerprint density at radius 3 is 2.59 bits per heavy atom. The Morgan fingerprint density at radius 2 is 2.00 bits per heavy atom. The first-order valence-corrected chi connectivity index (χ1v) is 6.17. The smallest absolute Gasteiger partial charge is 0.237 e. The summed E-state index contributed by atoms with van der Waals surface area (Å²) in [6.07, 6.45) is 1.06. The Morgan fingerprint density at radius 1 is 1.35 bits per heavy atom. The van der Waals surface area contributed by atoms with Crippen LogP contribution in [0.15, 0.2) is 30.3 Å². The molecule has 0 heterocycles. The molecule has 0 fully saturated rings. The molecular weight excluding hydrogens is 212 g/mol. The molecule has 1 amide bonds. The SMILES string of the molecule is CCCN(C)[C@H](C)C(=O)NCc1ccccc1. The second-order valence-corrected chi connectivity index (χ2v) is 4.36. The van der Waals surface area contributed by atoms with Gasteiger partial charge in [0.2, 0.25) is 5.91 Å². The first-order valence-electron chi connectivity index (χ1n) is 6.17. The summed E-state index contributed by atoms with van der Waals surface area (Å²) in [5, 5.41) is 2.96. The topological polar surface area (TPSA) is 32.3 Å². The summed E-state index contributed by atoms with van der Waals surface area (Å²) < 4.78 is 0. The number of likely N-dealkylation sites (N-methyl/N-ethyl adjacent to an activating group) is 1. The molecule has 0 unspecified atom stereocenters. The Hall–Kier alpha value is -1.35. The lowest BCUT2D eigenvalue weighted by molar-refractivity contribution is -0.125. The molecule has 1 aromatic rings. The third-order valence-electron chi connectivity index (χ3n) is 2.93. The maximum atomic E-state index is 11.9. The molecule has 1 atom stereocenters. The van der Waals surface area contributed by atoms with Gasteiger partial charge in [0, 0.05) is 6.54 Å². The average molecular weight is 234 g/mol. The summed E-state index contributed by atoms with van der Waals surface area (Å²) in [6, 6.07) is 9.89. The fraction of sp³-hybridized carbons (Fsp3) is 0.500. The Balaban J connectivity index is 2.39. The summed E-state index contributed by atoms with van der Waals surface area (Å²) in [7, 11) is 1.98. The zero-order valence-electron chi connectivity index (χ0n) is 10.9. The van der Waals surface area contributed by atoms with Gasteiger partial charge < -0.3 is 5.32 Å². The van der Waals surface area contributed by atoms with Gasteiger partial charge >= 0.3 is 0 Å². The van der Waals surface area contributed by atoms with Crippen LogP contribution in [0.4, 0.5) is 0 Å². The van der Waals surface area contributed by atoms with Gasteiger partial charge in [0.15, 0.2) is 0 Å². The molecule has 0 saturated carbocycles. The number of nitrogens with zero attached hydrogens (tertiary/aromatic N) is 1. The Labute approximate surface area is 104 Å². The molecule has 0 bridgehead atoms. The number of nitrogens with one attached hydrogen (secondary N) is 1. The van der Waals surface area contributed by atoms with Crippen LogP contribution < -0.4 is 5.32 Å². The van der Waals surface area contributed by atoms with Gasteiger partial charge in [-0.15, -0.1) is 0 Å². The molecule has 0 aromatic heterocycles. The summed E-state index contributed by atoms with van der Waals surface area (Å²) in [6.45, 7) is 5.60. The highest BCUT2D eigenvalue weighted by Crippen LogP contribution is 2.00. The van der Waals surface area contributed by atoms with E-state index in [2.05, 4.69) is 17.1 Å². The van der Waals surface area contributed by atoms with E-state index in [0.29, 0.717) is 6.54 Å². The van der Waals surface area contributed by atoms with Crippen molar-refractivity contribution in [3.63, 3.8) is 0 Å². The van der Waals surface area contributed by atoms with Crippen LogP contribution in [0.3, 0.4) is 0 Å². The van der Waals surface area contributed by atoms with Crippen LogP contribution in [-0.4, -0.2) is 30.4 Å². The van der Waals surface area contributed by atoms with Gasteiger partial charge in [0.05, 0.1) is 6.04 Å². The summed E-state index contributed by atoms with van der Waals surface area (Å²) >= 11 is 0. The van der Waals surface area contributed by atoms with E-state index in [4.69, 9.17) is 0 Å². The molecule has 0 radical (unpaired) electrons. The molecule has 3 heteroatoms. The van der Waals surface area contributed by atoms with E-state index in [1.54, 1.807) is 0 Å². The van der Waals surface area contributed by atoms with Crippen LogP contribution in [0.5, 0.6) is 0 Å². The van der Waals surface area contributed by atoms with Crippen molar-refractivity contribution in [2.45, 2.75) is 32.9 Å². The molecule has 0 spiro atoms. The lowest BCUT2D eigenvalue weighted by Gasteiger charge is -2.23. The number of rotatable bonds is 6. The van der Waals surface area contributed by atoms with Gasteiger partial charge in [0.25, 0.3) is 0 Å². The van der Waals surface area contributed by atoms with Crippen molar-refractivity contribution in [1.29, 1.82) is 0 Å². The number of carbonyl (C=O) groups excluding carboxylic acids is 1. The number of carbonyl (C=O) groups is 1. The predicted octanol–water partition coefficient (Wildman–Crippen LogP) is 2.03. The third-order valence-corrected chi connectivity index (χ3v) is 2.93. The fourth-order valence-electron chi connectivity index (χ4n) is 1.68. The highest BCUT2D eigenvalue weighted by Gasteiger charge is 2.16. The van der Waals surface area contributed by atoms with Crippen LogP contribution in [0, 0.1) is 0 Å². The van der Waals surface area contributed by atoms with E-state index >= 15 is 0 Å². The van der Waals surface area contributed by atoms with Crippen molar-refractivity contribution in [2.75, 3.05) is 13.6 Å². The lowest BCUT2D eigenvalue weighted by Crippen LogP contribution is -2.43. The van der Waals surface area contributed by atoms with Crippen LogP contribution >= 0.6 is 0 Å². The standard InChI is InChI=1S/C14H22N2O/c1-4-10-16(3)12(2)14(17)15-11-13-8-6-5-7-9-13/h5-9,12H,4,10-11H2,1-3H3,(H,15,17)/t12-/m1/s1. The van der Waals surface area contributed by atoms with Gasteiger partial charge in [0.1, 0.15) is 0 Å². The third kappa shape index (κ3) is 4.57. The number of hydrogen-bond acceptors (Lipinski definition) is 2. The lowest BCUT2D eigenvalue weighted by atomic mass is 10.2. The number of amides is 1. The number of benzene rings is 1. The van der Waals surface area contributed by atoms with E-state index in [0.717, 1.165) is 18.5 Å². The van der Waals surface area contributed by atoms with Gasteiger partial charge in [-0.25, -0.2) is 0 Å². The second kappa shape index (κ2) is 7.07. The van der Waals surface area contributed by atoms with Crippen molar-refractivity contribution in [2.24, 2.45) is 0 Å². The van der Waals surface area contributed by atoms with Crippen molar-refractivity contribution in [3.8, 4) is 0 Å². The van der Waals surface area contributed by atoms with E-state index < -0.39 is 0 Å². The molecule has 1 N–H and O–H groups in total. The molecular formula is C14H22N2O. The van der Waals surface area contributed by atoms with E-state index in [9.17, 15) is 4.79 Å². The molecule has 17 heavy (non-hydrogen) atoms. The molecule has 0 aliphatic rings. The zero-order valence-corrected chi connectivity index (χ0v) is 10.9.